The molecule has 1 amide bonds. The van der Waals surface area contributed by atoms with E-state index in [9.17, 15) is 4.79 Å². The molecule has 0 saturated carbocycles. The highest BCUT2D eigenvalue weighted by atomic mass is 16.5. The van der Waals surface area contributed by atoms with Gasteiger partial charge in [0.25, 0.3) is 5.91 Å². The van der Waals surface area contributed by atoms with Crippen LogP contribution in [0.4, 0.5) is 11.4 Å². The minimum atomic E-state index is -0.159. The first-order valence-electron chi connectivity index (χ1n) is 9.13. The van der Waals surface area contributed by atoms with Gasteiger partial charge in [-0.3, -0.25) is 4.79 Å². The van der Waals surface area contributed by atoms with Crippen molar-refractivity contribution in [3.63, 3.8) is 0 Å². The van der Waals surface area contributed by atoms with Crippen molar-refractivity contribution >= 4 is 17.3 Å². The Kier molecular flexibility index (Phi) is 6.12. The normalized spacial score (nSPS) is 13.2. The van der Waals surface area contributed by atoms with Crippen LogP contribution in [0.3, 0.4) is 0 Å². The number of rotatable bonds is 7. The molecule has 0 spiro atoms. The summed E-state index contributed by atoms with van der Waals surface area (Å²) in [4.78, 5) is 15.0. The van der Waals surface area contributed by atoms with Gasteiger partial charge in [0.05, 0.1) is 18.8 Å². The van der Waals surface area contributed by atoms with Gasteiger partial charge in [-0.1, -0.05) is 18.2 Å². The highest BCUT2D eigenvalue weighted by Gasteiger charge is 2.18. The predicted octanol–water partition coefficient (Wildman–Crippen LogP) is 3.74. The molecule has 26 heavy (non-hydrogen) atoms. The maximum Gasteiger partial charge on any atom is 0.259 e. The molecule has 2 aromatic carbocycles. The molecule has 138 valence electrons. The fraction of sp³-hybridized carbons (Fsp3) is 0.381. The number of nitrogens with one attached hydrogen (secondary N) is 1. The van der Waals surface area contributed by atoms with Crippen LogP contribution < -0.4 is 15.0 Å². The predicted molar refractivity (Wildman–Crippen MR) is 104 cm³/mol. The zero-order chi connectivity index (χ0) is 18.4. The third-order valence-corrected chi connectivity index (χ3v) is 4.55. The molecule has 1 heterocycles. The van der Waals surface area contributed by atoms with E-state index in [2.05, 4.69) is 22.3 Å². The van der Waals surface area contributed by atoms with Gasteiger partial charge in [-0.15, -0.1) is 0 Å². The fourth-order valence-corrected chi connectivity index (χ4v) is 3.30. The molecule has 0 unspecified atom stereocenters. The van der Waals surface area contributed by atoms with E-state index in [-0.39, 0.29) is 5.91 Å². The maximum atomic E-state index is 12.7. The first kappa shape index (κ1) is 18.3. The number of amides is 1. The second-order valence-electron chi connectivity index (χ2n) is 6.31. The van der Waals surface area contributed by atoms with Crippen LogP contribution in [-0.2, 0) is 11.2 Å². The van der Waals surface area contributed by atoms with Gasteiger partial charge in [0, 0.05) is 31.6 Å². The number of ether oxygens (including phenoxy) is 2. The van der Waals surface area contributed by atoms with Crippen LogP contribution in [0.15, 0.2) is 42.5 Å². The molecule has 0 bridgehead atoms. The minimum Gasteiger partial charge on any atom is -0.493 e. The third-order valence-electron chi connectivity index (χ3n) is 4.55. The van der Waals surface area contributed by atoms with Crippen LogP contribution in [0.25, 0.3) is 0 Å². The Morgan fingerprint density at radius 1 is 1.23 bits per heavy atom. The van der Waals surface area contributed by atoms with Crippen LogP contribution in [-0.4, -0.2) is 39.3 Å². The summed E-state index contributed by atoms with van der Waals surface area (Å²) in [5.74, 6) is 0.445. The Morgan fingerprint density at radius 3 is 2.88 bits per heavy atom. The molecule has 0 aromatic heterocycles. The van der Waals surface area contributed by atoms with Crippen LogP contribution >= 0.6 is 0 Å². The van der Waals surface area contributed by atoms with Gasteiger partial charge in [-0.2, -0.15) is 0 Å². The van der Waals surface area contributed by atoms with Gasteiger partial charge in [0.15, 0.2) is 0 Å². The molecule has 1 aliphatic rings. The number of benzene rings is 2. The summed E-state index contributed by atoms with van der Waals surface area (Å²) in [7, 11) is 1.72. The van der Waals surface area contributed by atoms with Gasteiger partial charge in [0.2, 0.25) is 0 Å². The zero-order valence-corrected chi connectivity index (χ0v) is 15.5. The smallest absolute Gasteiger partial charge is 0.259 e. The lowest BCUT2D eigenvalue weighted by molar-refractivity contribution is 0.102. The summed E-state index contributed by atoms with van der Waals surface area (Å²) in [5, 5.41) is 3.01. The molecule has 3 rings (SSSR count). The van der Waals surface area contributed by atoms with Crippen LogP contribution in [0.5, 0.6) is 5.75 Å². The zero-order valence-electron chi connectivity index (χ0n) is 15.5. The average molecular weight is 354 g/mol. The van der Waals surface area contributed by atoms with E-state index in [4.69, 9.17) is 9.47 Å². The average Bonchev–Trinajstić information content (AvgIpc) is 2.67. The second kappa shape index (κ2) is 8.72. The molecule has 1 aliphatic heterocycles. The van der Waals surface area contributed by atoms with Gasteiger partial charge in [-0.25, -0.2) is 0 Å². The number of anilines is 2. The fourth-order valence-electron chi connectivity index (χ4n) is 3.30. The van der Waals surface area contributed by atoms with Crippen molar-refractivity contribution in [2.24, 2.45) is 0 Å². The number of hydrogen-bond acceptors (Lipinski definition) is 4. The summed E-state index contributed by atoms with van der Waals surface area (Å²) < 4.78 is 10.8. The van der Waals surface area contributed by atoms with E-state index >= 15 is 0 Å². The number of methoxy groups -OCH3 is 1. The van der Waals surface area contributed by atoms with Crippen molar-refractivity contribution in [2.75, 3.05) is 43.6 Å². The second-order valence-corrected chi connectivity index (χ2v) is 6.31. The van der Waals surface area contributed by atoms with Crippen molar-refractivity contribution < 1.29 is 14.3 Å². The molecule has 0 radical (unpaired) electrons. The molecule has 0 atom stereocenters. The molecule has 5 nitrogen and oxygen atoms in total. The molecule has 0 saturated heterocycles. The highest BCUT2D eigenvalue weighted by Crippen LogP contribution is 2.30. The minimum absolute atomic E-state index is 0.159. The third kappa shape index (κ3) is 4.17. The Morgan fingerprint density at radius 2 is 2.08 bits per heavy atom. The van der Waals surface area contributed by atoms with Crippen LogP contribution in [0.1, 0.15) is 29.3 Å². The van der Waals surface area contributed by atoms with E-state index < -0.39 is 0 Å². The van der Waals surface area contributed by atoms with E-state index in [1.165, 1.54) is 11.3 Å². The topological polar surface area (TPSA) is 50.8 Å². The summed E-state index contributed by atoms with van der Waals surface area (Å²) in [6.45, 7) is 5.00. The lowest BCUT2D eigenvalue weighted by Crippen LogP contribution is -2.32. The quantitative estimate of drug-likeness (QED) is 0.823. The van der Waals surface area contributed by atoms with Crippen molar-refractivity contribution in [2.45, 2.75) is 19.8 Å². The molecule has 2 aromatic rings. The van der Waals surface area contributed by atoms with Gasteiger partial charge in [-0.05, 0) is 49.6 Å². The summed E-state index contributed by atoms with van der Waals surface area (Å²) >= 11 is 0. The van der Waals surface area contributed by atoms with E-state index in [0.717, 1.165) is 31.6 Å². The van der Waals surface area contributed by atoms with Crippen molar-refractivity contribution in [1.82, 2.24) is 0 Å². The number of nitrogens with zero attached hydrogens (tertiary/aromatic N) is 1. The molecule has 5 heteroatoms. The number of fused-ring (bicyclic) bond motifs is 1. The van der Waals surface area contributed by atoms with Gasteiger partial charge < -0.3 is 19.7 Å². The first-order valence-corrected chi connectivity index (χ1v) is 9.13. The Labute approximate surface area is 154 Å². The number of carbonyl (C=O) groups excluding carboxylic acids is 1. The SMILES string of the molecule is CCOc1ccccc1C(=O)Nc1ccc2c(c1)N(CCOC)CCC2. The van der Waals surface area contributed by atoms with E-state index in [1.54, 1.807) is 13.2 Å². The lowest BCUT2D eigenvalue weighted by Gasteiger charge is -2.31. The van der Waals surface area contributed by atoms with Crippen LogP contribution in [0, 0.1) is 0 Å². The van der Waals surface area contributed by atoms with Crippen LogP contribution in [0.2, 0.25) is 0 Å². The van der Waals surface area contributed by atoms with Crippen molar-refractivity contribution in [1.29, 1.82) is 0 Å². The Hall–Kier alpha value is -2.53. The summed E-state index contributed by atoms with van der Waals surface area (Å²) in [6, 6.07) is 13.5. The van der Waals surface area contributed by atoms with E-state index in [0.29, 0.717) is 24.5 Å². The Bertz CT molecular complexity index is 761. The summed E-state index contributed by atoms with van der Waals surface area (Å²) in [5.41, 5.74) is 3.84. The summed E-state index contributed by atoms with van der Waals surface area (Å²) in [6.07, 6.45) is 2.21. The maximum absolute atomic E-state index is 12.7. The van der Waals surface area contributed by atoms with Gasteiger partial charge in [0.1, 0.15) is 5.75 Å². The van der Waals surface area contributed by atoms with E-state index in [1.807, 2.05) is 31.2 Å². The molecule has 0 fully saturated rings. The number of para-hydroxylation sites is 1. The molecular weight excluding hydrogens is 328 g/mol. The number of hydrogen-bond donors (Lipinski definition) is 1. The lowest BCUT2D eigenvalue weighted by atomic mass is 10.0. The largest absolute Gasteiger partial charge is 0.493 e. The molecule has 1 N–H and O–H groups in total. The Balaban J connectivity index is 1.79. The van der Waals surface area contributed by atoms with Gasteiger partial charge >= 0.3 is 0 Å². The molecular formula is C21H26N2O3. The van der Waals surface area contributed by atoms with Crippen molar-refractivity contribution in [3.05, 3.63) is 53.6 Å². The van der Waals surface area contributed by atoms with Crippen molar-refractivity contribution in [3.8, 4) is 5.75 Å². The number of carbonyl (C=O) groups is 1. The molecule has 0 aliphatic carbocycles. The standard InChI is InChI=1S/C21H26N2O3/c1-3-26-20-9-5-4-8-18(20)21(24)22-17-11-10-16-7-6-12-23(13-14-25-2)19(16)15-17/h4-5,8-11,15H,3,6-7,12-14H2,1-2H3,(H,22,24). The first-order chi connectivity index (χ1) is 12.7. The highest BCUT2D eigenvalue weighted by molar-refractivity contribution is 6.06. The monoisotopic (exact) mass is 354 g/mol. The number of aryl methyl sites for hydroxylation is 1.